The smallest absolute Gasteiger partial charge is 0.229 e. The third-order valence-electron chi connectivity index (χ3n) is 9.44. The number of anilines is 5. The van der Waals surface area contributed by atoms with E-state index in [4.69, 9.17) is 9.72 Å². The van der Waals surface area contributed by atoms with Crippen LogP contribution in [0.5, 0.6) is 5.75 Å². The van der Waals surface area contributed by atoms with E-state index in [0.717, 1.165) is 48.4 Å². The number of nitrogens with one attached hydrogen (secondary N) is 2. The first-order valence-electron chi connectivity index (χ1n) is 16.7. The Morgan fingerprint density at radius 1 is 0.939 bits per heavy atom. The fourth-order valence-electron chi connectivity index (χ4n) is 7.08. The third kappa shape index (κ3) is 7.15. The van der Waals surface area contributed by atoms with Gasteiger partial charge in [0.25, 0.3) is 0 Å². The molecule has 0 unspecified atom stereocenters. The molecule has 12 nitrogen and oxygen atoms in total. The summed E-state index contributed by atoms with van der Waals surface area (Å²) in [7, 11) is 0.858. The average molecular weight is 746 g/mol. The molecular formula is C35H42BrN10O2P. The lowest BCUT2D eigenvalue weighted by atomic mass is 9.97. The lowest BCUT2D eigenvalue weighted by molar-refractivity contribution is 0.141. The molecule has 0 saturated carbocycles. The highest BCUT2D eigenvalue weighted by atomic mass is 79.9. The first-order chi connectivity index (χ1) is 23.7. The van der Waals surface area contributed by atoms with Gasteiger partial charge in [-0.25, -0.2) is 4.98 Å². The number of aryl methyl sites for hydroxylation is 1. The van der Waals surface area contributed by atoms with Crippen LogP contribution < -0.4 is 25.6 Å². The molecule has 5 aromatic rings. The Balaban J connectivity index is 1.20. The van der Waals surface area contributed by atoms with E-state index in [0.29, 0.717) is 50.1 Å². The minimum absolute atomic E-state index is 0.370. The van der Waals surface area contributed by atoms with Gasteiger partial charge in [-0.3, -0.25) is 14.6 Å². The quantitative estimate of drug-likeness (QED) is 0.155. The zero-order valence-electron chi connectivity index (χ0n) is 28.4. The van der Waals surface area contributed by atoms with Gasteiger partial charge < -0.3 is 29.7 Å². The van der Waals surface area contributed by atoms with E-state index in [1.165, 1.54) is 32.4 Å². The Labute approximate surface area is 295 Å². The van der Waals surface area contributed by atoms with Gasteiger partial charge >= 0.3 is 0 Å². The normalized spacial score (nSPS) is 16.2. The van der Waals surface area contributed by atoms with E-state index in [2.05, 4.69) is 68.5 Å². The van der Waals surface area contributed by atoms with Crippen LogP contribution in [0.4, 0.5) is 28.8 Å². The van der Waals surface area contributed by atoms with Crippen LogP contribution in [0.3, 0.4) is 0 Å². The molecule has 0 radical (unpaired) electrons. The highest BCUT2D eigenvalue weighted by Crippen LogP contribution is 2.43. The second-order valence-corrected chi connectivity index (χ2v) is 17.2. The standard InChI is InChI=1S/C35H42BrN10O2P/c1-44-22-23(20-40-44)25-18-29(31(48-2)19-30(25)46-16-10-24(11-17-46)45-14-6-5-7-15-45)42-35-39-21-26(36)34(43-35)41-28-9-8-27-32(38-13-12-37-27)33(28)49(3,4)47/h8-9,12-13,18-22,24H,5-7,10-11,14-17H2,1-4H3,(H2,39,41,42,43). The molecule has 2 fully saturated rings. The number of fused-ring (bicyclic) bond motifs is 1. The molecular weight excluding hydrogens is 703 g/mol. The number of methoxy groups -OCH3 is 1. The van der Waals surface area contributed by atoms with E-state index in [1.807, 2.05) is 36.3 Å². The molecule has 256 valence electrons. The van der Waals surface area contributed by atoms with Crippen molar-refractivity contribution in [3.05, 3.63) is 59.7 Å². The van der Waals surface area contributed by atoms with Crippen molar-refractivity contribution in [1.29, 1.82) is 0 Å². The molecule has 49 heavy (non-hydrogen) atoms. The van der Waals surface area contributed by atoms with Crippen molar-refractivity contribution < 1.29 is 9.30 Å². The number of rotatable bonds is 9. The topological polar surface area (TPSA) is 126 Å². The number of likely N-dealkylation sites (tertiary alicyclic amines) is 1. The molecule has 2 aliphatic heterocycles. The number of piperidine rings is 2. The fourth-order valence-corrected chi connectivity index (χ4v) is 8.76. The molecule has 2 N–H and O–H groups in total. The first kappa shape index (κ1) is 33.4. The molecule has 0 amide bonds. The maximum Gasteiger partial charge on any atom is 0.229 e. The van der Waals surface area contributed by atoms with Crippen LogP contribution in [0.1, 0.15) is 32.1 Å². The average Bonchev–Trinajstić information content (AvgIpc) is 3.55. The Morgan fingerprint density at radius 3 is 2.43 bits per heavy atom. The molecule has 2 aliphatic rings. The minimum atomic E-state index is -2.76. The van der Waals surface area contributed by atoms with Crippen molar-refractivity contribution in [2.24, 2.45) is 7.05 Å². The Morgan fingerprint density at radius 2 is 1.71 bits per heavy atom. The summed E-state index contributed by atoms with van der Waals surface area (Å²) in [6.07, 6.45) is 15.2. The summed E-state index contributed by atoms with van der Waals surface area (Å²) >= 11 is 3.60. The molecule has 0 aliphatic carbocycles. The maximum absolute atomic E-state index is 13.5. The highest BCUT2D eigenvalue weighted by Gasteiger charge is 2.28. The summed E-state index contributed by atoms with van der Waals surface area (Å²) in [6, 6.07) is 8.60. The Bertz CT molecular complexity index is 2020. The third-order valence-corrected chi connectivity index (χ3v) is 11.6. The fraction of sp³-hybridized carbons (Fsp3) is 0.400. The monoisotopic (exact) mass is 744 g/mol. The van der Waals surface area contributed by atoms with Crippen molar-refractivity contribution >= 4 is 68.2 Å². The van der Waals surface area contributed by atoms with Crippen LogP contribution >= 0.6 is 23.1 Å². The van der Waals surface area contributed by atoms with Gasteiger partial charge in [0.1, 0.15) is 24.2 Å². The summed E-state index contributed by atoms with van der Waals surface area (Å²) in [6.45, 7) is 7.89. The molecule has 5 heterocycles. The molecule has 2 saturated heterocycles. The summed E-state index contributed by atoms with van der Waals surface area (Å²) < 4.78 is 21.9. The molecule has 0 atom stereocenters. The molecule has 0 bridgehead atoms. The lowest BCUT2D eigenvalue weighted by Crippen LogP contribution is -2.46. The maximum atomic E-state index is 13.5. The van der Waals surface area contributed by atoms with Crippen molar-refractivity contribution in [2.45, 2.75) is 38.1 Å². The van der Waals surface area contributed by atoms with Gasteiger partial charge in [-0.2, -0.15) is 10.1 Å². The van der Waals surface area contributed by atoms with E-state index in [-0.39, 0.29) is 0 Å². The molecule has 0 spiro atoms. The summed E-state index contributed by atoms with van der Waals surface area (Å²) in [5, 5.41) is 11.9. The van der Waals surface area contributed by atoms with Crippen LogP contribution in [-0.2, 0) is 11.6 Å². The molecule has 7 rings (SSSR count). The summed E-state index contributed by atoms with van der Waals surface area (Å²) in [4.78, 5) is 23.5. The van der Waals surface area contributed by atoms with Crippen molar-refractivity contribution in [3.8, 4) is 16.9 Å². The van der Waals surface area contributed by atoms with Gasteiger partial charge in [0.15, 0.2) is 0 Å². The largest absolute Gasteiger partial charge is 0.494 e. The minimum Gasteiger partial charge on any atom is -0.494 e. The molecule has 2 aromatic carbocycles. The predicted molar refractivity (Wildman–Crippen MR) is 201 cm³/mol. The van der Waals surface area contributed by atoms with E-state index in [9.17, 15) is 4.57 Å². The van der Waals surface area contributed by atoms with Crippen molar-refractivity contribution in [1.82, 2.24) is 34.6 Å². The SMILES string of the molecule is COc1cc(N2CCC(N3CCCCC3)CC2)c(-c2cnn(C)c2)cc1Nc1ncc(Br)c(Nc2ccc3nccnc3c2P(C)(C)=O)n1. The predicted octanol–water partition coefficient (Wildman–Crippen LogP) is 6.78. The highest BCUT2D eigenvalue weighted by molar-refractivity contribution is 9.10. The van der Waals surface area contributed by atoms with Crippen molar-refractivity contribution in [2.75, 3.05) is 62.2 Å². The molecule has 14 heteroatoms. The van der Waals surface area contributed by atoms with E-state index < -0.39 is 7.14 Å². The second kappa shape index (κ2) is 14.0. The zero-order chi connectivity index (χ0) is 34.1. The van der Waals surface area contributed by atoms with Gasteiger partial charge in [0.05, 0.1) is 40.0 Å². The van der Waals surface area contributed by atoms with Crippen LogP contribution in [0.25, 0.3) is 22.2 Å². The number of halogens is 1. The van der Waals surface area contributed by atoms with Crippen LogP contribution in [0.15, 0.2) is 59.7 Å². The van der Waals surface area contributed by atoms with Crippen LogP contribution in [0, 0.1) is 0 Å². The van der Waals surface area contributed by atoms with Crippen molar-refractivity contribution in [3.63, 3.8) is 0 Å². The van der Waals surface area contributed by atoms with E-state index in [1.54, 1.807) is 39.0 Å². The number of benzene rings is 2. The van der Waals surface area contributed by atoms with Gasteiger partial charge in [-0.05, 0) is 86.2 Å². The van der Waals surface area contributed by atoms with Gasteiger partial charge in [0.2, 0.25) is 5.95 Å². The Kier molecular flexibility index (Phi) is 9.59. The van der Waals surface area contributed by atoms with Gasteiger partial charge in [-0.1, -0.05) is 6.42 Å². The van der Waals surface area contributed by atoms with Crippen LogP contribution in [0.2, 0.25) is 0 Å². The number of nitrogens with zero attached hydrogens (tertiary/aromatic N) is 8. The Hall–Kier alpha value is -4.06. The zero-order valence-corrected chi connectivity index (χ0v) is 30.8. The van der Waals surface area contributed by atoms with E-state index >= 15 is 0 Å². The summed E-state index contributed by atoms with van der Waals surface area (Å²) in [5.41, 5.74) is 5.88. The second-order valence-electron chi connectivity index (χ2n) is 13.2. The van der Waals surface area contributed by atoms with Crippen LogP contribution in [-0.4, -0.2) is 87.3 Å². The summed E-state index contributed by atoms with van der Waals surface area (Å²) in [5.74, 6) is 1.57. The van der Waals surface area contributed by atoms with Gasteiger partial charge in [-0.15, -0.1) is 0 Å². The number of hydrogen-bond donors (Lipinski definition) is 2. The number of ether oxygens (including phenoxy) is 1. The van der Waals surface area contributed by atoms with Gasteiger partial charge in [0, 0.05) is 73.8 Å². The number of hydrogen-bond acceptors (Lipinski definition) is 11. The lowest BCUT2D eigenvalue weighted by Gasteiger charge is -2.41. The first-order valence-corrected chi connectivity index (χ1v) is 20.1. The number of aromatic nitrogens is 6. The molecule has 3 aromatic heterocycles.